The van der Waals surface area contributed by atoms with Crippen molar-refractivity contribution in [3.05, 3.63) is 29.8 Å². The minimum atomic E-state index is 0. The van der Waals surface area contributed by atoms with Crippen LogP contribution >= 0.6 is 0 Å². The molecule has 0 bridgehead atoms. The Hall–Kier alpha value is -0.795. The van der Waals surface area contributed by atoms with Crippen molar-refractivity contribution in [3.8, 4) is 0 Å². The van der Waals surface area contributed by atoms with Gasteiger partial charge in [0.25, 0.3) is 0 Å². The Bertz CT molecular complexity index is 236. The second-order valence-corrected chi connectivity index (χ2v) is 3.87. The molecule has 0 aliphatic carbocycles. The predicted molar refractivity (Wildman–Crippen MR) is 54.4 cm³/mol. The first-order valence-corrected chi connectivity index (χ1v) is 3.86. The van der Waals surface area contributed by atoms with E-state index >= 15 is 0 Å². The van der Waals surface area contributed by atoms with Gasteiger partial charge in [0.2, 0.25) is 0 Å². The third-order valence-electron chi connectivity index (χ3n) is 1.78. The SMILES string of the molecule is [B+2]c1ccc(C(C)(C)C)cc1.[OH-].[OH-]. The molecular weight excluding hydrogens is 163 g/mol. The first-order chi connectivity index (χ1) is 5.00. The van der Waals surface area contributed by atoms with Gasteiger partial charge in [-0.05, 0) is 0 Å². The minimum Gasteiger partial charge on any atom is -0.870 e. The summed E-state index contributed by atoms with van der Waals surface area (Å²) in [5.41, 5.74) is 2.39. The van der Waals surface area contributed by atoms with Gasteiger partial charge in [0.15, 0.2) is 0 Å². The smallest absolute Gasteiger partial charge is 0.870 e. The van der Waals surface area contributed by atoms with Gasteiger partial charge < -0.3 is 11.0 Å². The van der Waals surface area contributed by atoms with Crippen molar-refractivity contribution in [2.45, 2.75) is 26.2 Å². The van der Waals surface area contributed by atoms with Crippen molar-refractivity contribution in [2.75, 3.05) is 0 Å². The molecule has 0 aliphatic rings. The van der Waals surface area contributed by atoms with Crippen molar-refractivity contribution in [1.29, 1.82) is 0 Å². The summed E-state index contributed by atoms with van der Waals surface area (Å²) < 4.78 is 0. The summed E-state index contributed by atoms with van der Waals surface area (Å²) in [6.07, 6.45) is 0. The van der Waals surface area contributed by atoms with E-state index in [1.54, 1.807) is 0 Å². The molecule has 0 atom stereocenters. The Balaban J connectivity index is 0. The van der Waals surface area contributed by atoms with Crippen LogP contribution in [0.25, 0.3) is 0 Å². The summed E-state index contributed by atoms with van der Waals surface area (Å²) in [7, 11) is 5.57. The molecule has 0 saturated carbocycles. The van der Waals surface area contributed by atoms with Gasteiger partial charge >= 0.3 is 69.3 Å². The first-order valence-electron chi connectivity index (χ1n) is 3.86. The molecule has 0 heterocycles. The van der Waals surface area contributed by atoms with Crippen LogP contribution in [0.3, 0.4) is 0 Å². The van der Waals surface area contributed by atoms with E-state index in [2.05, 4.69) is 32.9 Å². The number of rotatable bonds is 0. The predicted octanol–water partition coefficient (Wildman–Crippen LogP) is 1.42. The van der Waals surface area contributed by atoms with Crippen LogP contribution in [0.15, 0.2) is 24.3 Å². The summed E-state index contributed by atoms with van der Waals surface area (Å²) >= 11 is 0. The quantitative estimate of drug-likeness (QED) is 0.564. The van der Waals surface area contributed by atoms with Gasteiger partial charge in [-0.15, -0.1) is 0 Å². The first kappa shape index (κ1) is 14.7. The maximum Gasteiger partial charge on any atom is -0.870 e. The van der Waals surface area contributed by atoms with Crippen LogP contribution in [0, 0.1) is 0 Å². The van der Waals surface area contributed by atoms with Crippen molar-refractivity contribution < 1.29 is 11.0 Å². The second-order valence-electron chi connectivity index (χ2n) is 3.87. The number of hydrogen-bond donors (Lipinski definition) is 0. The van der Waals surface area contributed by atoms with Gasteiger partial charge in [0.1, 0.15) is 0 Å². The summed E-state index contributed by atoms with van der Waals surface area (Å²) in [6, 6.07) is 8.05. The van der Waals surface area contributed by atoms with Crippen LogP contribution in [0.4, 0.5) is 0 Å². The Labute approximate surface area is 81.0 Å². The zero-order valence-electron chi connectivity index (χ0n) is 8.28. The topological polar surface area (TPSA) is 60.0 Å². The third kappa shape index (κ3) is 4.11. The van der Waals surface area contributed by atoms with Crippen molar-refractivity contribution in [1.82, 2.24) is 0 Å². The van der Waals surface area contributed by atoms with Gasteiger partial charge in [0, 0.05) is 0 Å². The molecule has 0 fully saturated rings. The van der Waals surface area contributed by atoms with Crippen LogP contribution in [-0.4, -0.2) is 18.8 Å². The van der Waals surface area contributed by atoms with E-state index in [0.29, 0.717) is 0 Å². The molecule has 0 aliphatic heterocycles. The Morgan fingerprint density at radius 3 is 1.62 bits per heavy atom. The van der Waals surface area contributed by atoms with Crippen LogP contribution in [0.5, 0.6) is 0 Å². The fourth-order valence-electron chi connectivity index (χ4n) is 0.983. The van der Waals surface area contributed by atoms with Crippen LogP contribution in [-0.2, 0) is 5.41 Å². The largest absolute Gasteiger partial charge is 0.870 e. The Morgan fingerprint density at radius 2 is 1.31 bits per heavy atom. The molecular formula is C10H15BO2. The maximum absolute atomic E-state index is 5.57. The molecule has 0 unspecified atom stereocenters. The average Bonchev–Trinajstić information content (AvgIpc) is 1.86. The fraction of sp³-hybridized carbons (Fsp3) is 0.400. The van der Waals surface area contributed by atoms with Gasteiger partial charge in [-0.25, -0.2) is 0 Å². The molecule has 0 spiro atoms. The molecule has 0 radical (unpaired) electrons. The second kappa shape index (κ2) is 5.05. The van der Waals surface area contributed by atoms with E-state index in [4.69, 9.17) is 7.85 Å². The summed E-state index contributed by atoms with van der Waals surface area (Å²) in [5.74, 6) is 0. The van der Waals surface area contributed by atoms with E-state index in [9.17, 15) is 0 Å². The molecule has 1 aromatic carbocycles. The summed E-state index contributed by atoms with van der Waals surface area (Å²) in [4.78, 5) is 0. The molecule has 2 N–H and O–H groups in total. The van der Waals surface area contributed by atoms with Crippen LogP contribution in [0.2, 0.25) is 0 Å². The van der Waals surface area contributed by atoms with E-state index < -0.39 is 0 Å². The fourth-order valence-corrected chi connectivity index (χ4v) is 0.983. The maximum atomic E-state index is 5.57. The van der Waals surface area contributed by atoms with E-state index in [0.717, 1.165) is 5.46 Å². The normalized spacial score (nSPS) is 9.92. The van der Waals surface area contributed by atoms with Crippen LogP contribution < -0.4 is 5.46 Å². The van der Waals surface area contributed by atoms with Gasteiger partial charge in [-0.3, -0.25) is 0 Å². The molecule has 3 heteroatoms. The molecule has 0 saturated heterocycles. The molecule has 2 nitrogen and oxygen atoms in total. The Morgan fingerprint density at radius 1 is 0.923 bits per heavy atom. The Kier molecular flexibility index (Phi) is 5.71. The zero-order valence-corrected chi connectivity index (χ0v) is 8.28. The summed E-state index contributed by atoms with van der Waals surface area (Å²) in [5, 5.41) is 0. The number of benzene rings is 1. The van der Waals surface area contributed by atoms with E-state index in [1.165, 1.54) is 5.56 Å². The summed E-state index contributed by atoms with van der Waals surface area (Å²) in [6.45, 7) is 6.58. The average molecular weight is 178 g/mol. The van der Waals surface area contributed by atoms with Crippen molar-refractivity contribution in [3.63, 3.8) is 0 Å². The standard InChI is InChI=1S/C10H13B.2H2O/c1-10(2,3)8-4-6-9(11)7-5-8;;/h4-7H,1-3H3;2*1H2/q+2;;/p-2. The van der Waals surface area contributed by atoms with Gasteiger partial charge in [0.05, 0.1) is 0 Å². The third-order valence-corrected chi connectivity index (χ3v) is 1.78. The molecule has 1 rings (SSSR count). The molecule has 0 aromatic heterocycles. The van der Waals surface area contributed by atoms with Crippen LogP contribution in [0.1, 0.15) is 26.3 Å². The van der Waals surface area contributed by atoms with E-state index in [1.807, 2.05) is 12.1 Å². The molecule has 13 heavy (non-hydrogen) atoms. The van der Waals surface area contributed by atoms with Crippen molar-refractivity contribution >= 4 is 13.3 Å². The molecule has 70 valence electrons. The monoisotopic (exact) mass is 178 g/mol. The van der Waals surface area contributed by atoms with Crippen molar-refractivity contribution in [2.24, 2.45) is 0 Å². The van der Waals surface area contributed by atoms with Gasteiger partial charge in [-0.1, -0.05) is 0 Å². The molecule has 1 aromatic rings. The van der Waals surface area contributed by atoms with Gasteiger partial charge in [-0.2, -0.15) is 0 Å². The minimum absolute atomic E-state index is 0. The zero-order chi connectivity index (χ0) is 8.48. The molecule has 0 amide bonds. The number of hydrogen-bond acceptors (Lipinski definition) is 2. The van der Waals surface area contributed by atoms with E-state index in [-0.39, 0.29) is 16.4 Å².